The Balaban J connectivity index is 2.08. The smallest absolute Gasteiger partial charge is 0.101 e. The number of pyridine rings is 1. The average Bonchev–Trinajstić information content (AvgIpc) is 2.49. The van der Waals surface area contributed by atoms with Gasteiger partial charge in [0.15, 0.2) is 0 Å². The summed E-state index contributed by atoms with van der Waals surface area (Å²) in [4.78, 5) is 4.33. The first kappa shape index (κ1) is 12.6. The topological polar surface area (TPSA) is 48.7 Å². The molecule has 0 aliphatic rings. The first-order valence-electron chi connectivity index (χ1n) is 6.08. The Morgan fingerprint density at radius 1 is 1.05 bits per heavy atom. The van der Waals surface area contributed by atoms with Crippen molar-refractivity contribution in [2.75, 3.05) is 5.32 Å². The maximum atomic E-state index is 9.21. The molecule has 1 N–H and O–H groups in total. The van der Waals surface area contributed by atoms with Gasteiger partial charge >= 0.3 is 0 Å². The normalized spacial score (nSPS) is 10.2. The second kappa shape index (κ2) is 5.32. The second-order valence-corrected chi connectivity index (χ2v) is 5.22. The van der Waals surface area contributed by atoms with Crippen molar-refractivity contribution in [2.45, 2.75) is 0 Å². The maximum Gasteiger partial charge on any atom is 0.101 e. The molecule has 0 saturated carbocycles. The van der Waals surface area contributed by atoms with Crippen LogP contribution in [-0.4, -0.2) is 4.98 Å². The van der Waals surface area contributed by atoms with Gasteiger partial charge in [-0.1, -0.05) is 22.0 Å². The summed E-state index contributed by atoms with van der Waals surface area (Å²) in [5.41, 5.74) is 3.25. The van der Waals surface area contributed by atoms with Crippen molar-refractivity contribution in [2.24, 2.45) is 0 Å². The van der Waals surface area contributed by atoms with E-state index in [1.165, 1.54) is 0 Å². The maximum absolute atomic E-state index is 9.21. The van der Waals surface area contributed by atoms with Crippen LogP contribution < -0.4 is 5.32 Å². The predicted octanol–water partition coefficient (Wildman–Crippen LogP) is 4.61. The van der Waals surface area contributed by atoms with Crippen LogP contribution in [-0.2, 0) is 0 Å². The van der Waals surface area contributed by atoms with Gasteiger partial charge in [-0.05, 0) is 42.5 Å². The largest absolute Gasteiger partial charge is 0.354 e. The molecule has 3 rings (SSSR count). The van der Waals surface area contributed by atoms with Gasteiger partial charge in [0, 0.05) is 21.7 Å². The number of hydrogen-bond donors (Lipinski definition) is 1. The monoisotopic (exact) mass is 323 g/mol. The average molecular weight is 324 g/mol. The fourth-order valence-corrected chi connectivity index (χ4v) is 2.44. The molecular formula is C16H10BrN3. The molecule has 3 aromatic rings. The molecule has 0 saturated heterocycles. The van der Waals surface area contributed by atoms with E-state index in [9.17, 15) is 5.26 Å². The zero-order valence-corrected chi connectivity index (χ0v) is 12.1. The molecule has 1 heterocycles. The molecule has 0 aliphatic heterocycles. The summed E-state index contributed by atoms with van der Waals surface area (Å²) < 4.78 is 0.888. The van der Waals surface area contributed by atoms with Crippen LogP contribution in [0.3, 0.4) is 0 Å². The molecule has 0 aliphatic carbocycles. The molecule has 20 heavy (non-hydrogen) atoms. The number of hydrogen-bond acceptors (Lipinski definition) is 3. The van der Waals surface area contributed by atoms with Gasteiger partial charge < -0.3 is 5.32 Å². The van der Waals surface area contributed by atoms with Gasteiger partial charge in [-0.25, -0.2) is 0 Å². The fourth-order valence-electron chi connectivity index (χ4n) is 2.08. The lowest BCUT2D eigenvalue weighted by molar-refractivity contribution is 1.41. The first-order valence-corrected chi connectivity index (χ1v) is 6.87. The minimum atomic E-state index is 0.597. The van der Waals surface area contributed by atoms with Crippen LogP contribution in [0.1, 0.15) is 5.56 Å². The molecule has 0 fully saturated rings. The van der Waals surface area contributed by atoms with E-state index in [-0.39, 0.29) is 0 Å². The van der Waals surface area contributed by atoms with E-state index in [0.29, 0.717) is 5.56 Å². The highest BCUT2D eigenvalue weighted by Gasteiger charge is 2.06. The minimum Gasteiger partial charge on any atom is -0.354 e. The molecule has 4 heteroatoms. The van der Waals surface area contributed by atoms with Crippen molar-refractivity contribution in [1.29, 1.82) is 5.26 Å². The summed E-state index contributed by atoms with van der Waals surface area (Å²) in [6.45, 7) is 0. The van der Waals surface area contributed by atoms with Crippen LogP contribution in [0.25, 0.3) is 10.9 Å². The minimum absolute atomic E-state index is 0.597. The van der Waals surface area contributed by atoms with E-state index in [1.54, 1.807) is 12.3 Å². The third kappa shape index (κ3) is 2.36. The highest BCUT2D eigenvalue weighted by molar-refractivity contribution is 9.10. The molecule has 0 bridgehead atoms. The van der Waals surface area contributed by atoms with Gasteiger partial charge in [-0.3, -0.25) is 4.98 Å². The lowest BCUT2D eigenvalue weighted by Gasteiger charge is -2.11. The summed E-state index contributed by atoms with van der Waals surface area (Å²) >= 11 is 3.37. The van der Waals surface area contributed by atoms with Gasteiger partial charge in [-0.15, -0.1) is 0 Å². The van der Waals surface area contributed by atoms with Crippen LogP contribution in [0, 0.1) is 11.3 Å². The third-order valence-corrected chi connectivity index (χ3v) is 3.51. The number of rotatable bonds is 2. The zero-order valence-electron chi connectivity index (χ0n) is 10.5. The van der Waals surface area contributed by atoms with Gasteiger partial charge in [0.05, 0.1) is 16.8 Å². The van der Waals surface area contributed by atoms with Gasteiger partial charge in [0.2, 0.25) is 0 Å². The zero-order chi connectivity index (χ0) is 13.9. The first-order chi connectivity index (χ1) is 9.78. The molecular weight excluding hydrogens is 314 g/mol. The van der Waals surface area contributed by atoms with E-state index in [1.807, 2.05) is 42.5 Å². The number of nitriles is 1. The number of anilines is 2. The highest BCUT2D eigenvalue weighted by Crippen LogP contribution is 2.28. The van der Waals surface area contributed by atoms with Gasteiger partial charge in [0.25, 0.3) is 0 Å². The summed E-state index contributed by atoms with van der Waals surface area (Å²) in [6, 6.07) is 17.6. The number of aromatic nitrogens is 1. The lowest BCUT2D eigenvalue weighted by atomic mass is 10.1. The Bertz CT molecular complexity index is 816. The molecule has 3 nitrogen and oxygen atoms in total. The quantitative estimate of drug-likeness (QED) is 0.749. The molecule has 0 radical (unpaired) electrons. The molecule has 0 amide bonds. The Labute approximate surface area is 125 Å². The van der Waals surface area contributed by atoms with Crippen molar-refractivity contribution in [3.63, 3.8) is 0 Å². The number of halogens is 1. The second-order valence-electron chi connectivity index (χ2n) is 4.30. The molecule has 2 aromatic carbocycles. The van der Waals surface area contributed by atoms with Crippen molar-refractivity contribution in [3.05, 3.63) is 64.8 Å². The summed E-state index contributed by atoms with van der Waals surface area (Å²) in [5, 5.41) is 13.6. The van der Waals surface area contributed by atoms with Crippen LogP contribution in [0.5, 0.6) is 0 Å². The SMILES string of the molecule is N#Cc1cc(Br)ccc1Nc1cccc2ncccc12. The van der Waals surface area contributed by atoms with Crippen LogP contribution in [0.15, 0.2) is 59.2 Å². The van der Waals surface area contributed by atoms with Crippen molar-refractivity contribution < 1.29 is 0 Å². The molecule has 96 valence electrons. The number of benzene rings is 2. The molecule has 0 atom stereocenters. The van der Waals surface area contributed by atoms with E-state index < -0.39 is 0 Å². The third-order valence-electron chi connectivity index (χ3n) is 3.02. The molecule has 0 unspecified atom stereocenters. The van der Waals surface area contributed by atoms with Gasteiger partial charge in [-0.2, -0.15) is 5.26 Å². The van der Waals surface area contributed by atoms with Crippen molar-refractivity contribution in [1.82, 2.24) is 4.98 Å². The summed E-state index contributed by atoms with van der Waals surface area (Å²) in [7, 11) is 0. The van der Waals surface area contributed by atoms with Crippen LogP contribution >= 0.6 is 15.9 Å². The lowest BCUT2D eigenvalue weighted by Crippen LogP contribution is -1.95. The van der Waals surface area contributed by atoms with Crippen LogP contribution in [0.4, 0.5) is 11.4 Å². The summed E-state index contributed by atoms with van der Waals surface area (Å²) in [6.07, 6.45) is 1.77. The van der Waals surface area contributed by atoms with Crippen molar-refractivity contribution in [3.8, 4) is 6.07 Å². The standard InChI is InChI=1S/C16H10BrN3/c17-12-6-7-14(11(9-12)10-18)20-16-5-1-4-15-13(16)3-2-8-19-15/h1-9,20H. The number of nitrogens with one attached hydrogen (secondary N) is 1. The van der Waals surface area contributed by atoms with E-state index in [2.05, 4.69) is 32.3 Å². The van der Waals surface area contributed by atoms with Crippen molar-refractivity contribution >= 4 is 38.2 Å². The Morgan fingerprint density at radius 2 is 1.95 bits per heavy atom. The van der Waals surface area contributed by atoms with E-state index in [0.717, 1.165) is 26.8 Å². The molecule has 1 aromatic heterocycles. The predicted molar refractivity (Wildman–Crippen MR) is 83.9 cm³/mol. The Morgan fingerprint density at radius 3 is 2.80 bits per heavy atom. The fraction of sp³-hybridized carbons (Fsp3) is 0. The highest BCUT2D eigenvalue weighted by atomic mass is 79.9. The van der Waals surface area contributed by atoms with E-state index in [4.69, 9.17) is 0 Å². The van der Waals surface area contributed by atoms with Gasteiger partial charge in [0.1, 0.15) is 6.07 Å². The molecule has 0 spiro atoms. The van der Waals surface area contributed by atoms with Crippen LogP contribution in [0.2, 0.25) is 0 Å². The van der Waals surface area contributed by atoms with E-state index >= 15 is 0 Å². The number of nitrogens with zero attached hydrogens (tertiary/aromatic N) is 2. The Hall–Kier alpha value is -2.38. The number of fused-ring (bicyclic) bond motifs is 1. The Kier molecular flexibility index (Phi) is 3.36. The summed E-state index contributed by atoms with van der Waals surface area (Å²) in [5.74, 6) is 0.